The summed E-state index contributed by atoms with van der Waals surface area (Å²) in [6.45, 7) is 2.03. The minimum absolute atomic E-state index is 0.143. The molecule has 5 nitrogen and oxygen atoms in total. The Kier molecular flexibility index (Phi) is 5.04. The van der Waals surface area contributed by atoms with E-state index < -0.39 is 0 Å². The highest BCUT2D eigenvalue weighted by Crippen LogP contribution is 2.42. The van der Waals surface area contributed by atoms with E-state index in [0.29, 0.717) is 21.3 Å². The van der Waals surface area contributed by atoms with Crippen LogP contribution in [0.25, 0.3) is 16.1 Å². The minimum Gasteiger partial charge on any atom is -0.495 e. The van der Waals surface area contributed by atoms with Crippen LogP contribution >= 0.6 is 22.9 Å². The van der Waals surface area contributed by atoms with Crippen molar-refractivity contribution in [2.75, 3.05) is 12.4 Å². The molecule has 1 N–H and O–H groups in total. The van der Waals surface area contributed by atoms with Crippen molar-refractivity contribution < 1.29 is 9.53 Å². The van der Waals surface area contributed by atoms with Gasteiger partial charge in [0.1, 0.15) is 5.75 Å². The van der Waals surface area contributed by atoms with E-state index in [1.54, 1.807) is 25.3 Å². The van der Waals surface area contributed by atoms with Gasteiger partial charge in [0, 0.05) is 16.1 Å². The number of aromatic nitrogens is 2. The Hall–Kier alpha value is -3.09. The third kappa shape index (κ3) is 3.52. The number of halogens is 1. The number of thiophene rings is 1. The molecule has 0 bridgehead atoms. The summed E-state index contributed by atoms with van der Waals surface area (Å²) in [5.74, 6) is 0.431. The fourth-order valence-electron chi connectivity index (χ4n) is 4.01. The lowest BCUT2D eigenvalue weighted by Crippen LogP contribution is -2.10. The first-order valence-electron chi connectivity index (χ1n) is 9.97. The molecule has 2 heterocycles. The number of para-hydroxylation sites is 1. The lowest BCUT2D eigenvalue weighted by atomic mass is 9.95. The molecule has 5 rings (SSSR count). The highest BCUT2D eigenvalue weighted by molar-refractivity contribution is 7.17. The third-order valence-corrected chi connectivity index (χ3v) is 6.95. The van der Waals surface area contributed by atoms with Gasteiger partial charge in [0.2, 0.25) is 0 Å². The molecule has 0 saturated heterocycles. The van der Waals surface area contributed by atoms with Gasteiger partial charge in [-0.15, -0.1) is 11.3 Å². The van der Waals surface area contributed by atoms with Crippen molar-refractivity contribution in [2.24, 2.45) is 0 Å². The molecule has 0 spiro atoms. The number of hydrogen-bond acceptors (Lipinski definition) is 4. The number of ether oxygens (including phenoxy) is 1. The zero-order valence-corrected chi connectivity index (χ0v) is 18.7. The molecular formula is C24H20ClN3O2S. The molecule has 7 heteroatoms. The number of benzene rings is 2. The van der Waals surface area contributed by atoms with E-state index in [9.17, 15) is 4.79 Å². The first-order chi connectivity index (χ1) is 15.0. The smallest absolute Gasteiger partial charge is 0.265 e. The quantitative estimate of drug-likeness (QED) is 0.420. The SMILES string of the molecule is COc1ccc(NC(=O)c2cc3c(s2)-c2c(C)nn(-c4ccccc4)c2CC3)cc1Cl. The average molecular weight is 450 g/mol. The lowest BCUT2D eigenvalue weighted by Gasteiger charge is -2.14. The second kappa shape index (κ2) is 7.87. The maximum atomic E-state index is 12.9. The van der Waals surface area contributed by atoms with Crippen molar-refractivity contribution in [2.45, 2.75) is 19.8 Å². The molecule has 0 atom stereocenters. The van der Waals surface area contributed by atoms with Gasteiger partial charge < -0.3 is 10.1 Å². The van der Waals surface area contributed by atoms with E-state index in [1.165, 1.54) is 22.6 Å². The van der Waals surface area contributed by atoms with Gasteiger partial charge in [-0.3, -0.25) is 4.79 Å². The summed E-state index contributed by atoms with van der Waals surface area (Å²) in [4.78, 5) is 14.7. The number of methoxy groups -OCH3 is 1. The first-order valence-corrected chi connectivity index (χ1v) is 11.2. The second-order valence-corrected chi connectivity index (χ2v) is 8.88. The molecule has 4 aromatic rings. The molecule has 31 heavy (non-hydrogen) atoms. The first kappa shape index (κ1) is 19.8. The largest absolute Gasteiger partial charge is 0.495 e. The zero-order valence-electron chi connectivity index (χ0n) is 17.1. The van der Waals surface area contributed by atoms with Crippen LogP contribution < -0.4 is 10.1 Å². The van der Waals surface area contributed by atoms with Gasteiger partial charge in [-0.25, -0.2) is 4.68 Å². The number of carbonyl (C=O) groups excluding carboxylic acids is 1. The van der Waals surface area contributed by atoms with Crippen molar-refractivity contribution in [3.63, 3.8) is 0 Å². The van der Waals surface area contributed by atoms with Crippen molar-refractivity contribution >= 4 is 34.5 Å². The minimum atomic E-state index is -0.143. The van der Waals surface area contributed by atoms with Crippen LogP contribution in [0.2, 0.25) is 5.02 Å². The molecule has 0 radical (unpaired) electrons. The summed E-state index contributed by atoms with van der Waals surface area (Å²) < 4.78 is 7.21. The maximum absolute atomic E-state index is 12.9. The van der Waals surface area contributed by atoms with Crippen LogP contribution in [-0.2, 0) is 12.8 Å². The number of nitrogens with one attached hydrogen (secondary N) is 1. The molecule has 2 aromatic heterocycles. The van der Waals surface area contributed by atoms with Crippen molar-refractivity contribution in [1.29, 1.82) is 0 Å². The summed E-state index contributed by atoms with van der Waals surface area (Å²) in [5.41, 5.74) is 6.23. The van der Waals surface area contributed by atoms with Crippen LogP contribution in [0.3, 0.4) is 0 Å². The van der Waals surface area contributed by atoms with E-state index >= 15 is 0 Å². The Balaban J connectivity index is 1.47. The highest BCUT2D eigenvalue weighted by Gasteiger charge is 2.27. The second-order valence-electron chi connectivity index (χ2n) is 7.42. The molecule has 0 fully saturated rings. The molecule has 1 aliphatic carbocycles. The molecular weight excluding hydrogens is 430 g/mol. The fraction of sp³-hybridized carbons (Fsp3) is 0.167. The summed E-state index contributed by atoms with van der Waals surface area (Å²) in [5, 5.41) is 8.20. The summed E-state index contributed by atoms with van der Waals surface area (Å²) in [7, 11) is 1.56. The summed E-state index contributed by atoms with van der Waals surface area (Å²) >= 11 is 7.70. The molecule has 156 valence electrons. The van der Waals surface area contributed by atoms with Crippen LogP contribution in [0.15, 0.2) is 54.6 Å². The summed E-state index contributed by atoms with van der Waals surface area (Å²) in [6, 6.07) is 17.4. The number of aryl methyl sites for hydroxylation is 2. The van der Waals surface area contributed by atoms with Gasteiger partial charge in [-0.05, 0) is 61.7 Å². The maximum Gasteiger partial charge on any atom is 0.265 e. The van der Waals surface area contributed by atoms with Crippen LogP contribution in [-0.4, -0.2) is 22.8 Å². The van der Waals surface area contributed by atoms with Crippen molar-refractivity contribution in [3.8, 4) is 21.9 Å². The zero-order chi connectivity index (χ0) is 21.5. The molecule has 1 amide bonds. The highest BCUT2D eigenvalue weighted by atomic mass is 35.5. The van der Waals surface area contributed by atoms with Gasteiger partial charge in [-0.2, -0.15) is 5.10 Å². The molecule has 0 aliphatic heterocycles. The van der Waals surface area contributed by atoms with Crippen LogP contribution in [0, 0.1) is 6.92 Å². The Morgan fingerprint density at radius 3 is 2.71 bits per heavy atom. The Morgan fingerprint density at radius 1 is 1.16 bits per heavy atom. The number of anilines is 1. The fourth-order valence-corrected chi connectivity index (χ4v) is 5.49. The normalized spacial score (nSPS) is 12.2. The van der Waals surface area contributed by atoms with Crippen LogP contribution in [0.5, 0.6) is 5.75 Å². The van der Waals surface area contributed by atoms with Crippen molar-refractivity contribution in [3.05, 3.63) is 81.4 Å². The number of hydrogen-bond donors (Lipinski definition) is 1. The van der Waals surface area contributed by atoms with E-state index in [-0.39, 0.29) is 5.91 Å². The molecule has 2 aromatic carbocycles. The predicted octanol–water partition coefficient (Wildman–Crippen LogP) is 5.92. The van der Waals surface area contributed by atoms with E-state index in [2.05, 4.69) is 17.4 Å². The van der Waals surface area contributed by atoms with Gasteiger partial charge >= 0.3 is 0 Å². The number of amides is 1. The average Bonchev–Trinajstić information content (AvgIpc) is 3.36. The van der Waals surface area contributed by atoms with Gasteiger partial charge in [0.05, 0.1) is 34.1 Å². The van der Waals surface area contributed by atoms with Crippen LogP contribution in [0.1, 0.15) is 26.6 Å². The molecule has 0 unspecified atom stereocenters. The number of nitrogens with zero attached hydrogens (tertiary/aromatic N) is 2. The Morgan fingerprint density at radius 2 is 1.97 bits per heavy atom. The number of rotatable bonds is 4. The number of carbonyl (C=O) groups is 1. The predicted molar refractivity (Wildman–Crippen MR) is 125 cm³/mol. The topological polar surface area (TPSA) is 56.1 Å². The number of fused-ring (bicyclic) bond motifs is 3. The van der Waals surface area contributed by atoms with Gasteiger partial charge in [0.25, 0.3) is 5.91 Å². The van der Waals surface area contributed by atoms with Gasteiger partial charge in [-0.1, -0.05) is 29.8 Å². The van der Waals surface area contributed by atoms with E-state index in [4.69, 9.17) is 21.4 Å². The lowest BCUT2D eigenvalue weighted by molar-refractivity contribution is 0.103. The van der Waals surface area contributed by atoms with Crippen LogP contribution in [0.4, 0.5) is 5.69 Å². The third-order valence-electron chi connectivity index (χ3n) is 5.46. The van der Waals surface area contributed by atoms with Crippen molar-refractivity contribution in [1.82, 2.24) is 9.78 Å². The van der Waals surface area contributed by atoms with E-state index in [1.807, 2.05) is 35.9 Å². The Labute approximate surface area is 189 Å². The molecule has 1 aliphatic rings. The standard InChI is InChI=1S/C24H20ClN3O2S/c1-14-22-19(28(27-14)17-6-4-3-5-7-17)10-8-15-12-21(31-23(15)22)24(29)26-16-9-11-20(30-2)18(25)13-16/h3-7,9,11-13H,8,10H2,1-2H3,(H,26,29). The van der Waals surface area contributed by atoms with E-state index in [0.717, 1.165) is 34.7 Å². The monoisotopic (exact) mass is 449 g/mol. The Bertz CT molecular complexity index is 1290. The molecule has 0 saturated carbocycles. The van der Waals surface area contributed by atoms with Gasteiger partial charge in [0.15, 0.2) is 0 Å². The summed E-state index contributed by atoms with van der Waals surface area (Å²) in [6.07, 6.45) is 1.78.